The lowest BCUT2D eigenvalue weighted by atomic mass is 10.0. The summed E-state index contributed by atoms with van der Waals surface area (Å²) in [5.74, 6) is 1.10. The predicted octanol–water partition coefficient (Wildman–Crippen LogP) is 3.07. The van der Waals surface area contributed by atoms with Crippen LogP contribution in [0.1, 0.15) is 33.1 Å². The summed E-state index contributed by atoms with van der Waals surface area (Å²) in [6.45, 7) is 4.21. The lowest BCUT2D eigenvalue weighted by Gasteiger charge is -2.13. The first-order valence-corrected chi connectivity index (χ1v) is 5.64. The molecular formula is C13H22O3. The monoisotopic (exact) mass is 226 g/mol. The van der Waals surface area contributed by atoms with Crippen molar-refractivity contribution < 1.29 is 14.3 Å². The fourth-order valence-corrected chi connectivity index (χ4v) is 1.42. The van der Waals surface area contributed by atoms with E-state index >= 15 is 0 Å². The predicted molar refractivity (Wildman–Crippen MR) is 64.9 cm³/mol. The minimum absolute atomic E-state index is 0.302. The van der Waals surface area contributed by atoms with Crippen LogP contribution >= 0.6 is 0 Å². The highest BCUT2D eigenvalue weighted by molar-refractivity contribution is 5.81. The molecule has 0 aliphatic rings. The second-order valence-corrected chi connectivity index (χ2v) is 3.62. The Morgan fingerprint density at radius 1 is 1.31 bits per heavy atom. The number of carbonyl (C=O) groups excluding carboxylic acids is 1. The zero-order valence-electron chi connectivity index (χ0n) is 10.7. The molecule has 0 aromatic heterocycles. The number of ether oxygens (including phenoxy) is 2. The molecule has 0 aromatic rings. The van der Waals surface area contributed by atoms with Gasteiger partial charge in [0.15, 0.2) is 0 Å². The van der Waals surface area contributed by atoms with Gasteiger partial charge in [0.2, 0.25) is 0 Å². The first kappa shape index (κ1) is 14.8. The smallest absolute Gasteiger partial charge is 0.330 e. The van der Waals surface area contributed by atoms with Crippen molar-refractivity contribution in [3.63, 3.8) is 0 Å². The van der Waals surface area contributed by atoms with Crippen molar-refractivity contribution in [1.29, 1.82) is 0 Å². The van der Waals surface area contributed by atoms with Gasteiger partial charge in [0.25, 0.3) is 0 Å². The summed E-state index contributed by atoms with van der Waals surface area (Å²) in [4.78, 5) is 10.8. The second-order valence-electron chi connectivity index (χ2n) is 3.62. The molecule has 0 aliphatic carbocycles. The highest BCUT2D eigenvalue weighted by Gasteiger charge is 2.07. The minimum atomic E-state index is -0.302. The van der Waals surface area contributed by atoms with E-state index in [-0.39, 0.29) is 5.97 Å². The van der Waals surface area contributed by atoms with Crippen LogP contribution in [-0.4, -0.2) is 20.2 Å². The van der Waals surface area contributed by atoms with E-state index in [1.807, 2.05) is 6.08 Å². The number of allylic oxidation sites excluding steroid dienone is 3. The topological polar surface area (TPSA) is 35.5 Å². The summed E-state index contributed by atoms with van der Waals surface area (Å²) in [5, 5.41) is 0. The summed E-state index contributed by atoms with van der Waals surface area (Å²) >= 11 is 0. The maximum Gasteiger partial charge on any atom is 0.330 e. The lowest BCUT2D eigenvalue weighted by Crippen LogP contribution is -2.01. The van der Waals surface area contributed by atoms with E-state index in [9.17, 15) is 4.79 Å². The average Bonchev–Trinajstić information content (AvgIpc) is 2.30. The van der Waals surface area contributed by atoms with Crippen LogP contribution in [0.25, 0.3) is 0 Å². The van der Waals surface area contributed by atoms with Gasteiger partial charge in [0.1, 0.15) is 0 Å². The van der Waals surface area contributed by atoms with Gasteiger partial charge in [-0.2, -0.15) is 0 Å². The Bertz CT molecular complexity index is 254. The standard InChI is InChI=1S/C13H22O3/c1-5-8-12(15-3)11(2)9-6-7-10-13(14)16-4/h7-8,10-11H,5-6,9H2,1-4H3. The molecule has 1 atom stereocenters. The lowest BCUT2D eigenvalue weighted by molar-refractivity contribution is -0.134. The molecule has 0 fully saturated rings. The molecule has 0 rings (SSSR count). The molecule has 0 aromatic carbocycles. The van der Waals surface area contributed by atoms with Crippen molar-refractivity contribution in [2.45, 2.75) is 33.1 Å². The summed E-state index contributed by atoms with van der Waals surface area (Å²) in [6, 6.07) is 0. The fraction of sp³-hybridized carbons (Fsp3) is 0.615. The Labute approximate surface area is 98.1 Å². The molecule has 0 spiro atoms. The van der Waals surface area contributed by atoms with E-state index in [1.165, 1.54) is 13.2 Å². The molecule has 0 N–H and O–H groups in total. The molecule has 0 saturated carbocycles. The summed E-state index contributed by atoms with van der Waals surface area (Å²) in [5.41, 5.74) is 0. The first-order valence-electron chi connectivity index (χ1n) is 5.64. The molecule has 1 unspecified atom stereocenters. The van der Waals surface area contributed by atoms with Crippen molar-refractivity contribution in [2.75, 3.05) is 14.2 Å². The third-order valence-corrected chi connectivity index (χ3v) is 2.35. The van der Waals surface area contributed by atoms with Crippen LogP contribution in [0.4, 0.5) is 0 Å². The Kier molecular flexibility index (Phi) is 8.31. The first-order chi connectivity index (χ1) is 7.65. The maximum absolute atomic E-state index is 10.8. The van der Waals surface area contributed by atoms with Crippen molar-refractivity contribution >= 4 is 5.97 Å². The summed E-state index contributed by atoms with van der Waals surface area (Å²) < 4.78 is 9.80. The third kappa shape index (κ3) is 6.27. The largest absolute Gasteiger partial charge is 0.501 e. The molecular weight excluding hydrogens is 204 g/mol. The summed E-state index contributed by atoms with van der Waals surface area (Å²) in [7, 11) is 3.07. The Morgan fingerprint density at radius 2 is 2.00 bits per heavy atom. The molecule has 0 saturated heterocycles. The van der Waals surface area contributed by atoms with Gasteiger partial charge in [0.05, 0.1) is 20.0 Å². The molecule has 0 bridgehead atoms. The van der Waals surface area contributed by atoms with E-state index in [2.05, 4.69) is 24.7 Å². The van der Waals surface area contributed by atoms with E-state index in [4.69, 9.17) is 4.74 Å². The van der Waals surface area contributed by atoms with Crippen LogP contribution in [0.3, 0.4) is 0 Å². The molecule has 0 heterocycles. The van der Waals surface area contributed by atoms with E-state index in [0.717, 1.165) is 25.0 Å². The van der Waals surface area contributed by atoms with Crippen molar-refractivity contribution in [3.8, 4) is 0 Å². The molecule has 92 valence electrons. The van der Waals surface area contributed by atoms with Gasteiger partial charge in [0, 0.05) is 12.0 Å². The number of methoxy groups -OCH3 is 2. The van der Waals surface area contributed by atoms with Gasteiger partial charge < -0.3 is 9.47 Å². The normalized spacial score (nSPS) is 13.9. The van der Waals surface area contributed by atoms with Gasteiger partial charge in [-0.25, -0.2) is 4.79 Å². The van der Waals surface area contributed by atoms with E-state index < -0.39 is 0 Å². The molecule has 0 aliphatic heterocycles. The van der Waals surface area contributed by atoms with Crippen LogP contribution in [0.5, 0.6) is 0 Å². The van der Waals surface area contributed by atoms with Gasteiger partial charge in [-0.3, -0.25) is 0 Å². The van der Waals surface area contributed by atoms with Crippen molar-refractivity contribution in [2.24, 2.45) is 5.92 Å². The van der Waals surface area contributed by atoms with Gasteiger partial charge in [-0.05, 0) is 25.3 Å². The average molecular weight is 226 g/mol. The van der Waals surface area contributed by atoms with E-state index in [0.29, 0.717) is 5.92 Å². The minimum Gasteiger partial charge on any atom is -0.501 e. The van der Waals surface area contributed by atoms with E-state index in [1.54, 1.807) is 7.11 Å². The maximum atomic E-state index is 10.8. The van der Waals surface area contributed by atoms with Crippen molar-refractivity contribution in [3.05, 3.63) is 24.0 Å². The van der Waals surface area contributed by atoms with Crippen LogP contribution < -0.4 is 0 Å². The van der Waals surface area contributed by atoms with Gasteiger partial charge in [-0.15, -0.1) is 0 Å². The Morgan fingerprint density at radius 3 is 2.50 bits per heavy atom. The number of rotatable bonds is 7. The second kappa shape index (κ2) is 9.01. The summed E-state index contributed by atoms with van der Waals surface area (Å²) in [6.07, 6.45) is 8.18. The Hall–Kier alpha value is -1.25. The quantitative estimate of drug-likeness (QED) is 0.380. The SMILES string of the molecule is CCC=C(OC)C(C)CCC=CC(=O)OC. The van der Waals surface area contributed by atoms with Gasteiger partial charge >= 0.3 is 5.97 Å². The zero-order chi connectivity index (χ0) is 12.4. The highest BCUT2D eigenvalue weighted by Crippen LogP contribution is 2.17. The Balaban J connectivity index is 3.97. The molecule has 0 amide bonds. The van der Waals surface area contributed by atoms with Crippen LogP contribution in [-0.2, 0) is 14.3 Å². The van der Waals surface area contributed by atoms with Crippen LogP contribution in [0.2, 0.25) is 0 Å². The molecule has 3 nitrogen and oxygen atoms in total. The molecule has 16 heavy (non-hydrogen) atoms. The number of esters is 1. The van der Waals surface area contributed by atoms with Crippen molar-refractivity contribution in [1.82, 2.24) is 0 Å². The van der Waals surface area contributed by atoms with Crippen LogP contribution in [0.15, 0.2) is 24.0 Å². The van der Waals surface area contributed by atoms with Gasteiger partial charge in [-0.1, -0.05) is 19.9 Å². The molecule has 0 radical (unpaired) electrons. The highest BCUT2D eigenvalue weighted by atomic mass is 16.5. The third-order valence-electron chi connectivity index (χ3n) is 2.35. The number of hydrogen-bond acceptors (Lipinski definition) is 3. The number of carbonyl (C=O) groups is 1. The fourth-order valence-electron chi connectivity index (χ4n) is 1.42. The zero-order valence-corrected chi connectivity index (χ0v) is 10.7. The number of hydrogen-bond donors (Lipinski definition) is 0. The van der Waals surface area contributed by atoms with Crippen LogP contribution in [0, 0.1) is 5.92 Å². The molecule has 3 heteroatoms.